The Hall–Kier alpha value is -0.300. The van der Waals surface area contributed by atoms with Crippen LogP contribution in [-0.4, -0.2) is 54.6 Å². The molecule has 1 fully saturated rings. The average Bonchev–Trinajstić information content (AvgIpc) is 2.36. The second-order valence-electron chi connectivity index (χ2n) is 5.53. The van der Waals surface area contributed by atoms with E-state index in [1.165, 1.54) is 6.42 Å². The number of alkyl halides is 2. The van der Waals surface area contributed by atoms with E-state index < -0.39 is 25.2 Å². The Morgan fingerprint density at radius 2 is 2.16 bits per heavy atom. The quantitative estimate of drug-likeness (QED) is 0.625. The first-order valence-corrected chi connectivity index (χ1v) is 6.92. The fourth-order valence-electron chi connectivity index (χ4n) is 2.31. The second kappa shape index (κ2) is 8.09. The molecule has 0 aromatic rings. The van der Waals surface area contributed by atoms with Crippen molar-refractivity contribution in [2.45, 2.75) is 50.7 Å². The third kappa shape index (κ3) is 7.15. The summed E-state index contributed by atoms with van der Waals surface area (Å²) >= 11 is 0. The van der Waals surface area contributed by atoms with Crippen molar-refractivity contribution in [3.8, 4) is 0 Å². The summed E-state index contributed by atoms with van der Waals surface area (Å²) in [5.41, 5.74) is 0. The highest BCUT2D eigenvalue weighted by Crippen LogP contribution is 2.25. The minimum Gasteiger partial charge on any atom is -0.390 e. The van der Waals surface area contributed by atoms with Crippen LogP contribution in [-0.2, 0) is 4.74 Å². The van der Waals surface area contributed by atoms with Crippen molar-refractivity contribution in [1.82, 2.24) is 5.32 Å². The van der Waals surface area contributed by atoms with E-state index in [9.17, 15) is 13.9 Å². The van der Waals surface area contributed by atoms with Gasteiger partial charge in [0, 0.05) is 6.54 Å². The molecule has 0 aliphatic heterocycles. The normalized spacial score (nSPS) is 26.4. The van der Waals surface area contributed by atoms with Gasteiger partial charge >= 0.3 is 0 Å². The lowest BCUT2D eigenvalue weighted by molar-refractivity contribution is -0.0543. The molecule has 0 bridgehead atoms. The second-order valence-corrected chi connectivity index (χ2v) is 5.53. The molecule has 0 aromatic heterocycles. The first-order chi connectivity index (χ1) is 8.93. The highest BCUT2D eigenvalue weighted by atomic mass is 19.3. The fraction of sp³-hybridized carbons (Fsp3) is 1.00. The highest BCUT2D eigenvalue weighted by Gasteiger charge is 2.27. The van der Waals surface area contributed by atoms with E-state index in [1.54, 1.807) is 0 Å². The largest absolute Gasteiger partial charge is 0.390 e. The molecule has 1 aliphatic rings. The number of ether oxygens (including phenoxy) is 1. The number of rotatable bonds is 8. The first-order valence-electron chi connectivity index (χ1n) is 6.92. The van der Waals surface area contributed by atoms with Crippen molar-refractivity contribution < 1.29 is 23.7 Å². The summed E-state index contributed by atoms with van der Waals surface area (Å²) in [6.07, 6.45) is 3.75. The van der Waals surface area contributed by atoms with E-state index in [0.717, 1.165) is 19.3 Å². The molecule has 4 nitrogen and oxygen atoms in total. The van der Waals surface area contributed by atoms with Crippen molar-refractivity contribution in [3.05, 3.63) is 0 Å². The molecule has 3 unspecified atom stereocenters. The van der Waals surface area contributed by atoms with E-state index in [1.807, 2.05) is 0 Å². The zero-order valence-corrected chi connectivity index (χ0v) is 11.4. The van der Waals surface area contributed by atoms with Crippen LogP contribution < -0.4 is 5.32 Å². The van der Waals surface area contributed by atoms with Crippen LogP contribution in [0.5, 0.6) is 0 Å². The number of nitrogens with one attached hydrogen (secondary N) is 1. The Kier molecular flexibility index (Phi) is 7.13. The van der Waals surface area contributed by atoms with E-state index in [0.29, 0.717) is 5.92 Å². The molecule has 3 atom stereocenters. The van der Waals surface area contributed by atoms with Crippen LogP contribution in [0.1, 0.15) is 32.6 Å². The van der Waals surface area contributed by atoms with Crippen LogP contribution in [0.3, 0.4) is 0 Å². The van der Waals surface area contributed by atoms with Crippen molar-refractivity contribution >= 4 is 0 Å². The molecule has 0 heterocycles. The van der Waals surface area contributed by atoms with Gasteiger partial charge in [0.15, 0.2) is 0 Å². The average molecular weight is 281 g/mol. The zero-order valence-electron chi connectivity index (χ0n) is 11.4. The summed E-state index contributed by atoms with van der Waals surface area (Å²) in [6.45, 7) is 0.561. The lowest BCUT2D eigenvalue weighted by Crippen LogP contribution is -2.40. The van der Waals surface area contributed by atoms with Gasteiger partial charge in [0.1, 0.15) is 6.61 Å². The molecule has 6 heteroatoms. The summed E-state index contributed by atoms with van der Waals surface area (Å²) in [7, 11) is 0. The van der Waals surface area contributed by atoms with Gasteiger partial charge in [0.2, 0.25) is 0 Å². The molecule has 0 saturated heterocycles. The van der Waals surface area contributed by atoms with Gasteiger partial charge in [-0.1, -0.05) is 19.8 Å². The number of hydrogen-bond acceptors (Lipinski definition) is 4. The predicted octanol–water partition coefficient (Wildman–Crippen LogP) is 1.16. The number of halogens is 2. The molecule has 0 aromatic carbocycles. The third-order valence-electron chi connectivity index (χ3n) is 3.41. The van der Waals surface area contributed by atoms with E-state index in [-0.39, 0.29) is 19.3 Å². The molecule has 1 rings (SSSR count). The van der Waals surface area contributed by atoms with Gasteiger partial charge in [0.25, 0.3) is 5.92 Å². The van der Waals surface area contributed by atoms with Gasteiger partial charge in [-0.15, -0.1) is 0 Å². The Labute approximate surface area is 113 Å². The Morgan fingerprint density at radius 3 is 2.79 bits per heavy atom. The lowest BCUT2D eigenvalue weighted by atomic mass is 9.89. The van der Waals surface area contributed by atoms with E-state index >= 15 is 0 Å². The summed E-state index contributed by atoms with van der Waals surface area (Å²) in [6, 6.07) is 0. The fourth-order valence-corrected chi connectivity index (χ4v) is 2.31. The minimum atomic E-state index is -3.14. The number of aliphatic hydroxyl groups excluding tert-OH is 2. The topological polar surface area (TPSA) is 61.7 Å². The van der Waals surface area contributed by atoms with Crippen LogP contribution in [0.4, 0.5) is 8.78 Å². The van der Waals surface area contributed by atoms with Gasteiger partial charge < -0.3 is 20.3 Å². The molecular formula is C13H25F2NO3. The molecule has 0 spiro atoms. The van der Waals surface area contributed by atoms with Gasteiger partial charge in [0.05, 0.1) is 25.4 Å². The third-order valence-corrected chi connectivity index (χ3v) is 3.41. The van der Waals surface area contributed by atoms with E-state index in [4.69, 9.17) is 9.84 Å². The highest BCUT2D eigenvalue weighted by molar-refractivity contribution is 4.72. The summed E-state index contributed by atoms with van der Waals surface area (Å²) in [5, 5.41) is 20.4. The molecule has 19 heavy (non-hydrogen) atoms. The van der Waals surface area contributed by atoms with Gasteiger partial charge in [-0.3, -0.25) is 0 Å². The van der Waals surface area contributed by atoms with Crippen LogP contribution in [0.15, 0.2) is 0 Å². The minimum absolute atomic E-state index is 0.0395. The summed E-state index contributed by atoms with van der Waals surface area (Å²) < 4.78 is 31.0. The lowest BCUT2D eigenvalue weighted by Gasteiger charge is -2.27. The maximum atomic E-state index is 12.7. The molecule has 1 aliphatic carbocycles. The van der Waals surface area contributed by atoms with Crippen molar-refractivity contribution in [2.75, 3.05) is 26.3 Å². The van der Waals surface area contributed by atoms with Crippen LogP contribution in [0, 0.1) is 5.92 Å². The van der Waals surface area contributed by atoms with Crippen molar-refractivity contribution in [2.24, 2.45) is 5.92 Å². The van der Waals surface area contributed by atoms with Crippen LogP contribution in [0.2, 0.25) is 0 Å². The smallest absolute Gasteiger partial charge is 0.282 e. The molecule has 1 saturated carbocycles. The standard InChI is InChI=1S/C13H25F2NO3/c1-10-3-2-4-12(5-10)19-7-11(18)6-16-8-13(14,15)9-17/h10-12,16-18H,2-9H2,1H3. The molecule has 0 radical (unpaired) electrons. The van der Waals surface area contributed by atoms with Gasteiger partial charge in [-0.25, -0.2) is 8.78 Å². The molecule has 114 valence electrons. The van der Waals surface area contributed by atoms with Gasteiger partial charge in [-0.2, -0.15) is 0 Å². The van der Waals surface area contributed by atoms with Crippen LogP contribution in [0.25, 0.3) is 0 Å². The monoisotopic (exact) mass is 281 g/mol. The SMILES string of the molecule is CC1CCCC(OCC(O)CNCC(F)(F)CO)C1. The van der Waals surface area contributed by atoms with Gasteiger partial charge in [-0.05, 0) is 18.8 Å². The summed E-state index contributed by atoms with van der Waals surface area (Å²) in [5.74, 6) is -2.49. The predicted molar refractivity (Wildman–Crippen MR) is 68.3 cm³/mol. The number of aliphatic hydroxyl groups is 2. The summed E-state index contributed by atoms with van der Waals surface area (Å²) in [4.78, 5) is 0. The van der Waals surface area contributed by atoms with Crippen LogP contribution >= 0.6 is 0 Å². The molecule has 3 N–H and O–H groups in total. The number of hydrogen-bond donors (Lipinski definition) is 3. The zero-order chi connectivity index (χ0) is 14.3. The maximum absolute atomic E-state index is 12.7. The first kappa shape index (κ1) is 16.8. The van der Waals surface area contributed by atoms with Crippen molar-refractivity contribution in [1.29, 1.82) is 0 Å². The maximum Gasteiger partial charge on any atom is 0.282 e. The Morgan fingerprint density at radius 1 is 1.42 bits per heavy atom. The Balaban J connectivity index is 2.09. The van der Waals surface area contributed by atoms with Crippen molar-refractivity contribution in [3.63, 3.8) is 0 Å². The molecular weight excluding hydrogens is 256 g/mol. The Bertz CT molecular complexity index is 254. The molecule has 0 amide bonds. The van der Waals surface area contributed by atoms with E-state index in [2.05, 4.69) is 12.2 Å².